The maximum atomic E-state index is 13.6. The molecule has 92 valence electrons. The summed E-state index contributed by atoms with van der Waals surface area (Å²) < 4.78 is 13.6. The van der Waals surface area contributed by atoms with Crippen LogP contribution in [0, 0.1) is 18.8 Å². The van der Waals surface area contributed by atoms with Crippen molar-refractivity contribution in [3.8, 4) is 0 Å². The summed E-state index contributed by atoms with van der Waals surface area (Å²) in [5, 5.41) is 9.02. The first-order valence-electron chi connectivity index (χ1n) is 5.60. The zero-order valence-corrected chi connectivity index (χ0v) is 10.3. The van der Waals surface area contributed by atoms with Gasteiger partial charge in [0.05, 0.1) is 10.8 Å². The minimum atomic E-state index is -0.777. The van der Waals surface area contributed by atoms with Crippen LogP contribution < -0.4 is 0 Å². The van der Waals surface area contributed by atoms with Gasteiger partial charge in [0.15, 0.2) is 0 Å². The van der Waals surface area contributed by atoms with Gasteiger partial charge in [0.25, 0.3) is 0 Å². The van der Waals surface area contributed by atoms with Gasteiger partial charge in [-0.05, 0) is 31.9 Å². The number of halogens is 1. The Hall–Kier alpha value is -1.10. The highest BCUT2D eigenvalue weighted by atomic mass is 32.2. The van der Waals surface area contributed by atoms with E-state index in [-0.39, 0.29) is 11.2 Å². The zero-order chi connectivity index (χ0) is 12.4. The van der Waals surface area contributed by atoms with Gasteiger partial charge in [-0.3, -0.25) is 4.79 Å². The van der Waals surface area contributed by atoms with Crippen LogP contribution in [-0.2, 0) is 4.79 Å². The van der Waals surface area contributed by atoms with Gasteiger partial charge >= 0.3 is 5.97 Å². The highest BCUT2D eigenvalue weighted by Crippen LogP contribution is 2.39. The van der Waals surface area contributed by atoms with Crippen LogP contribution in [0.25, 0.3) is 0 Å². The normalized spacial score (nSPS) is 23.9. The molecule has 17 heavy (non-hydrogen) atoms. The van der Waals surface area contributed by atoms with Gasteiger partial charge in [-0.2, -0.15) is 4.39 Å². The lowest BCUT2D eigenvalue weighted by molar-refractivity contribution is -0.141. The highest BCUT2D eigenvalue weighted by Gasteiger charge is 2.34. The van der Waals surface area contributed by atoms with E-state index in [1.54, 1.807) is 19.1 Å². The molecule has 2 atom stereocenters. The lowest BCUT2D eigenvalue weighted by Gasteiger charge is -2.15. The molecule has 1 aromatic heterocycles. The number of pyridine rings is 1. The number of carboxylic acids is 1. The molecule has 2 rings (SSSR count). The van der Waals surface area contributed by atoms with E-state index >= 15 is 0 Å². The molecule has 0 bridgehead atoms. The van der Waals surface area contributed by atoms with Gasteiger partial charge in [-0.15, -0.1) is 11.8 Å². The fourth-order valence-corrected chi connectivity index (χ4v) is 3.43. The second-order valence-electron chi connectivity index (χ2n) is 4.27. The minimum Gasteiger partial charge on any atom is -0.481 e. The maximum Gasteiger partial charge on any atom is 0.307 e. The highest BCUT2D eigenvalue weighted by molar-refractivity contribution is 8.00. The van der Waals surface area contributed by atoms with E-state index in [0.29, 0.717) is 17.0 Å². The topological polar surface area (TPSA) is 50.2 Å². The number of carboxylic acid groups (broad SMARTS) is 1. The number of rotatable bonds is 3. The number of thioether (sulfide) groups is 1. The molecule has 0 aromatic carbocycles. The van der Waals surface area contributed by atoms with Crippen molar-refractivity contribution in [3.05, 3.63) is 23.8 Å². The first-order valence-corrected chi connectivity index (χ1v) is 6.48. The number of hydrogen-bond donors (Lipinski definition) is 1. The lowest BCUT2D eigenvalue weighted by Crippen LogP contribution is -2.20. The van der Waals surface area contributed by atoms with Crippen LogP contribution in [0.2, 0.25) is 0 Å². The largest absolute Gasteiger partial charge is 0.481 e. The number of hydrogen-bond acceptors (Lipinski definition) is 3. The third kappa shape index (κ3) is 2.77. The monoisotopic (exact) mass is 255 g/mol. The van der Waals surface area contributed by atoms with Crippen molar-refractivity contribution in [2.75, 3.05) is 0 Å². The first-order chi connectivity index (χ1) is 8.08. The van der Waals surface area contributed by atoms with Crippen molar-refractivity contribution in [2.45, 2.75) is 36.3 Å². The molecule has 0 saturated heterocycles. The molecular formula is C12H14FNO2S. The van der Waals surface area contributed by atoms with Crippen LogP contribution in [0.1, 0.15) is 25.0 Å². The summed E-state index contributed by atoms with van der Waals surface area (Å²) >= 11 is 1.30. The van der Waals surface area contributed by atoms with E-state index in [9.17, 15) is 9.18 Å². The molecule has 0 aliphatic heterocycles. The van der Waals surface area contributed by atoms with Crippen LogP contribution in [0.3, 0.4) is 0 Å². The summed E-state index contributed by atoms with van der Waals surface area (Å²) in [7, 11) is 0. The Morgan fingerprint density at radius 2 is 2.29 bits per heavy atom. The second kappa shape index (κ2) is 5.04. The summed E-state index contributed by atoms with van der Waals surface area (Å²) in [4.78, 5) is 15.2. The lowest BCUT2D eigenvalue weighted by atomic mass is 10.1. The van der Waals surface area contributed by atoms with Gasteiger partial charge in [-0.1, -0.05) is 6.42 Å². The quantitative estimate of drug-likeness (QED) is 0.844. The zero-order valence-electron chi connectivity index (χ0n) is 9.52. The molecule has 0 amide bonds. The van der Waals surface area contributed by atoms with E-state index in [1.165, 1.54) is 11.8 Å². The molecular weight excluding hydrogens is 241 g/mol. The Morgan fingerprint density at radius 1 is 1.53 bits per heavy atom. The molecule has 3 nitrogen and oxygen atoms in total. The molecule has 1 heterocycles. The molecule has 0 unspecified atom stereocenters. The smallest absolute Gasteiger partial charge is 0.307 e. The molecule has 1 aliphatic rings. The fourth-order valence-electron chi connectivity index (χ4n) is 2.11. The number of aromatic nitrogens is 1. The molecule has 0 spiro atoms. The summed E-state index contributed by atoms with van der Waals surface area (Å²) in [5.74, 6) is -1.63. The van der Waals surface area contributed by atoms with Crippen molar-refractivity contribution in [2.24, 2.45) is 5.92 Å². The van der Waals surface area contributed by atoms with E-state index in [0.717, 1.165) is 12.8 Å². The number of aryl methyl sites for hydroxylation is 1. The number of nitrogens with zero attached hydrogens (tertiary/aromatic N) is 1. The Labute approximate surface area is 103 Å². The summed E-state index contributed by atoms with van der Waals surface area (Å²) in [6.45, 7) is 1.73. The summed E-state index contributed by atoms with van der Waals surface area (Å²) in [6.07, 6.45) is 2.42. The van der Waals surface area contributed by atoms with Crippen LogP contribution in [0.15, 0.2) is 17.0 Å². The molecule has 1 saturated carbocycles. The van der Waals surface area contributed by atoms with Gasteiger partial charge in [-0.25, -0.2) is 4.98 Å². The van der Waals surface area contributed by atoms with E-state index in [2.05, 4.69) is 4.98 Å². The van der Waals surface area contributed by atoms with Crippen LogP contribution in [0.4, 0.5) is 4.39 Å². The van der Waals surface area contributed by atoms with Gasteiger partial charge in [0.2, 0.25) is 5.95 Å². The minimum absolute atomic E-state index is 0.0356. The Morgan fingerprint density at radius 3 is 2.94 bits per heavy atom. The van der Waals surface area contributed by atoms with Crippen LogP contribution in [0.5, 0.6) is 0 Å². The predicted octanol–water partition coefficient (Wildman–Crippen LogP) is 2.87. The average Bonchev–Trinajstić information content (AvgIpc) is 2.70. The molecule has 0 radical (unpaired) electrons. The molecule has 1 N–H and O–H groups in total. The van der Waals surface area contributed by atoms with Crippen LogP contribution >= 0.6 is 11.8 Å². The van der Waals surface area contributed by atoms with Gasteiger partial charge in [0.1, 0.15) is 0 Å². The average molecular weight is 255 g/mol. The Bertz CT molecular complexity index is 439. The van der Waals surface area contributed by atoms with Crippen molar-refractivity contribution in [3.63, 3.8) is 0 Å². The maximum absolute atomic E-state index is 13.6. The third-order valence-electron chi connectivity index (χ3n) is 3.00. The SMILES string of the molecule is Cc1ccc(S[C@H]2CCC[C@@H]2C(=O)O)c(F)n1. The van der Waals surface area contributed by atoms with E-state index in [1.807, 2.05) is 0 Å². The van der Waals surface area contributed by atoms with Crippen LogP contribution in [-0.4, -0.2) is 21.3 Å². The Kier molecular flexibility index (Phi) is 3.66. The molecule has 1 fully saturated rings. The molecule has 1 aromatic rings. The summed E-state index contributed by atoms with van der Waals surface area (Å²) in [5.41, 5.74) is 0.632. The second-order valence-corrected chi connectivity index (χ2v) is 5.55. The molecule has 5 heteroatoms. The van der Waals surface area contributed by atoms with Crippen molar-refractivity contribution in [1.82, 2.24) is 4.98 Å². The predicted molar refractivity (Wildman–Crippen MR) is 63.6 cm³/mol. The van der Waals surface area contributed by atoms with Crippen molar-refractivity contribution >= 4 is 17.7 Å². The summed E-state index contributed by atoms with van der Waals surface area (Å²) in [6, 6.07) is 3.43. The van der Waals surface area contributed by atoms with Crippen molar-refractivity contribution in [1.29, 1.82) is 0 Å². The number of carbonyl (C=O) groups is 1. The molecule has 1 aliphatic carbocycles. The number of aliphatic carboxylic acids is 1. The first kappa shape index (κ1) is 12.4. The van der Waals surface area contributed by atoms with Crippen molar-refractivity contribution < 1.29 is 14.3 Å². The third-order valence-corrected chi connectivity index (χ3v) is 4.43. The van der Waals surface area contributed by atoms with E-state index in [4.69, 9.17) is 5.11 Å². The fraction of sp³-hybridized carbons (Fsp3) is 0.500. The van der Waals surface area contributed by atoms with Gasteiger partial charge < -0.3 is 5.11 Å². The van der Waals surface area contributed by atoms with E-state index < -0.39 is 11.9 Å². The van der Waals surface area contributed by atoms with Gasteiger partial charge in [0, 0.05) is 10.9 Å². The Balaban J connectivity index is 2.12. The standard InChI is InChI=1S/C12H14FNO2S/c1-7-5-6-10(11(13)14-7)17-9-4-2-3-8(9)12(15)16/h5-6,8-9H,2-4H2,1H3,(H,15,16)/t8-,9-/m0/s1.